The van der Waals surface area contributed by atoms with Gasteiger partial charge in [0.1, 0.15) is 12.0 Å². The quantitative estimate of drug-likeness (QED) is 0.167. The predicted molar refractivity (Wildman–Crippen MR) is 267 cm³/mol. The lowest BCUT2D eigenvalue weighted by atomic mass is 9.77. The second kappa shape index (κ2) is 14.9. The van der Waals surface area contributed by atoms with Gasteiger partial charge in [-0.25, -0.2) is 4.98 Å². The molecule has 5 nitrogen and oxygen atoms in total. The molecule has 5 heteroatoms. The molecular weight excluding hydrogens is 805 g/mol. The Morgan fingerprint density at radius 3 is 1.98 bits per heavy atom. The van der Waals surface area contributed by atoms with Crippen molar-refractivity contribution in [1.29, 1.82) is 0 Å². The number of nitrogens with zero attached hydrogens (tertiary/aromatic N) is 4. The Morgan fingerprint density at radius 1 is 0.545 bits per heavy atom. The summed E-state index contributed by atoms with van der Waals surface area (Å²) in [7, 11) is 0. The van der Waals surface area contributed by atoms with Crippen molar-refractivity contribution in [2.24, 2.45) is 0 Å². The third-order valence-corrected chi connectivity index (χ3v) is 15.0. The summed E-state index contributed by atoms with van der Waals surface area (Å²) in [5, 5.41) is 0. The number of benzene rings is 7. The Balaban J connectivity index is 0.880. The summed E-state index contributed by atoms with van der Waals surface area (Å²) < 4.78 is 2.34. The Hall–Kier alpha value is -7.76. The molecule has 2 aliphatic heterocycles. The molecule has 0 saturated carbocycles. The highest BCUT2D eigenvalue weighted by Crippen LogP contribution is 2.54. The number of rotatable bonds is 6. The summed E-state index contributed by atoms with van der Waals surface area (Å²) in [4.78, 5) is 24.7. The molecular formula is C61H48N4O. The van der Waals surface area contributed by atoms with Crippen molar-refractivity contribution in [3.63, 3.8) is 0 Å². The van der Waals surface area contributed by atoms with Gasteiger partial charge in [-0.2, -0.15) is 0 Å². The fourth-order valence-electron chi connectivity index (χ4n) is 11.8. The molecule has 13 rings (SSSR count). The third kappa shape index (κ3) is 5.85. The van der Waals surface area contributed by atoms with Crippen LogP contribution in [0.25, 0.3) is 44.7 Å². The molecule has 0 spiro atoms. The molecule has 2 atom stereocenters. The van der Waals surface area contributed by atoms with Gasteiger partial charge in [0.25, 0.3) is 5.91 Å². The highest BCUT2D eigenvalue weighted by atomic mass is 16.2. The Kier molecular flexibility index (Phi) is 8.73. The van der Waals surface area contributed by atoms with Crippen LogP contribution < -0.4 is 4.90 Å². The van der Waals surface area contributed by atoms with Gasteiger partial charge < -0.3 is 9.47 Å². The normalized spacial score (nSPS) is 18.7. The number of fused-ring (bicyclic) bond motifs is 13. The molecule has 0 radical (unpaired) electrons. The molecule has 8 aromatic rings. The smallest absolute Gasteiger partial charge is 0.260 e. The maximum Gasteiger partial charge on any atom is 0.260 e. The minimum atomic E-state index is -0.282. The highest BCUT2D eigenvalue weighted by molar-refractivity contribution is 6.00. The van der Waals surface area contributed by atoms with Crippen molar-refractivity contribution in [3.8, 4) is 33.6 Å². The number of imidazole rings is 1. The first-order valence-corrected chi connectivity index (χ1v) is 23.4. The number of carbonyl (C=O) groups is 1. The Labute approximate surface area is 386 Å². The summed E-state index contributed by atoms with van der Waals surface area (Å²) in [5.41, 5.74) is 21.3. The van der Waals surface area contributed by atoms with Crippen molar-refractivity contribution >= 4 is 28.3 Å². The van der Waals surface area contributed by atoms with Crippen LogP contribution in [0.3, 0.4) is 0 Å². The summed E-state index contributed by atoms with van der Waals surface area (Å²) in [6, 6.07) is 60.9. The second-order valence-electron chi connectivity index (χ2n) is 18.9. The van der Waals surface area contributed by atoms with Crippen LogP contribution in [-0.2, 0) is 5.41 Å². The van der Waals surface area contributed by atoms with Gasteiger partial charge in [-0.05, 0) is 136 Å². The van der Waals surface area contributed by atoms with E-state index in [2.05, 4.69) is 204 Å². The lowest BCUT2D eigenvalue weighted by Gasteiger charge is -2.47. The highest BCUT2D eigenvalue weighted by Gasteiger charge is 2.48. The molecule has 1 aromatic heterocycles. The molecule has 3 aliphatic carbocycles. The van der Waals surface area contributed by atoms with E-state index in [9.17, 15) is 4.79 Å². The average molecular weight is 853 g/mol. The fourth-order valence-corrected chi connectivity index (χ4v) is 11.8. The van der Waals surface area contributed by atoms with E-state index < -0.39 is 0 Å². The molecule has 7 aromatic carbocycles. The standard InChI is InChI=1S/C61H48N4O/c1-61(2)53-24-11-10-19-47(53)48-36-35-46(38-54(48)61)63(45-18-14-17-42(37-45)39-15-4-3-5-16-39)43-31-27-40(28-32-43)41-29-33-44(34-30-41)64-59-57(50-21-7-9-23-52(50)60(64)66)49-20-6-8-22-51(49)58-62-55-25-12-13-26-56(55)65(58)59/h3-27,29,31,33,35-38,57,59H,28,30,32,34H2,1-2H3. The number of para-hydroxylation sites is 2. The molecule has 5 aliphatic rings. The third-order valence-electron chi connectivity index (χ3n) is 15.0. The number of aromatic nitrogens is 2. The van der Waals surface area contributed by atoms with E-state index in [0.717, 1.165) is 70.6 Å². The number of anilines is 2. The van der Waals surface area contributed by atoms with Gasteiger partial charge in [-0.1, -0.05) is 153 Å². The average Bonchev–Trinajstić information content (AvgIpc) is 3.87. The van der Waals surface area contributed by atoms with Gasteiger partial charge in [0, 0.05) is 39.3 Å². The van der Waals surface area contributed by atoms with E-state index in [-0.39, 0.29) is 23.4 Å². The Bertz CT molecular complexity index is 3450. The number of allylic oxidation sites excluding steroid dienone is 8. The van der Waals surface area contributed by atoms with E-state index in [1.54, 1.807) is 0 Å². The summed E-state index contributed by atoms with van der Waals surface area (Å²) in [6.07, 6.45) is 12.4. The predicted octanol–water partition coefficient (Wildman–Crippen LogP) is 14.8. The van der Waals surface area contributed by atoms with Crippen LogP contribution in [0, 0.1) is 0 Å². The van der Waals surface area contributed by atoms with E-state index in [4.69, 9.17) is 4.98 Å². The van der Waals surface area contributed by atoms with Crippen molar-refractivity contribution < 1.29 is 4.79 Å². The molecule has 0 fully saturated rings. The van der Waals surface area contributed by atoms with Crippen LogP contribution in [0.5, 0.6) is 0 Å². The lowest BCUT2D eigenvalue weighted by Crippen LogP contribution is -2.46. The zero-order valence-corrected chi connectivity index (χ0v) is 37.2. The zero-order valence-electron chi connectivity index (χ0n) is 37.2. The first kappa shape index (κ1) is 38.7. The molecule has 0 bridgehead atoms. The number of hydrogen-bond donors (Lipinski definition) is 0. The molecule has 66 heavy (non-hydrogen) atoms. The minimum Gasteiger partial charge on any atom is -0.314 e. The van der Waals surface area contributed by atoms with Gasteiger partial charge in [0.15, 0.2) is 0 Å². The maximum absolute atomic E-state index is 14.9. The first-order chi connectivity index (χ1) is 32.4. The minimum absolute atomic E-state index is 0.0421. The largest absolute Gasteiger partial charge is 0.314 e. The molecule has 318 valence electrons. The van der Waals surface area contributed by atoms with E-state index in [1.165, 1.54) is 61.5 Å². The van der Waals surface area contributed by atoms with Crippen LogP contribution in [0.2, 0.25) is 0 Å². The monoisotopic (exact) mass is 852 g/mol. The van der Waals surface area contributed by atoms with E-state index >= 15 is 0 Å². The molecule has 3 heterocycles. The summed E-state index contributed by atoms with van der Waals surface area (Å²) in [6.45, 7) is 4.72. The van der Waals surface area contributed by atoms with Gasteiger partial charge >= 0.3 is 0 Å². The van der Waals surface area contributed by atoms with Crippen molar-refractivity contribution in [2.45, 2.75) is 57.0 Å². The summed E-state index contributed by atoms with van der Waals surface area (Å²) >= 11 is 0. The maximum atomic E-state index is 14.9. The number of carbonyl (C=O) groups excluding carboxylic acids is 1. The molecule has 1 amide bonds. The van der Waals surface area contributed by atoms with Crippen molar-refractivity contribution in [2.75, 3.05) is 4.90 Å². The summed E-state index contributed by atoms with van der Waals surface area (Å²) in [5.74, 6) is 0.930. The fraction of sp³-hybridized carbons (Fsp3) is 0.148. The van der Waals surface area contributed by atoms with Gasteiger partial charge in [-0.15, -0.1) is 0 Å². The molecule has 0 saturated heterocycles. The van der Waals surface area contributed by atoms with Gasteiger partial charge in [0.05, 0.1) is 17.0 Å². The van der Waals surface area contributed by atoms with Gasteiger partial charge in [0.2, 0.25) is 0 Å². The van der Waals surface area contributed by atoms with Crippen LogP contribution >= 0.6 is 0 Å². The lowest BCUT2D eigenvalue weighted by molar-refractivity contribution is 0.0612. The SMILES string of the molecule is CC1(C)c2ccccc2-c2ccc(N(C3=CC=C(C4=CC=C(N5C(=O)c6ccccc6C6c7ccccc7-c7nc8ccccc8n7C65)CC4)CC3)c3cccc(-c4ccccc4)c3)cc21. The zero-order chi connectivity index (χ0) is 44.1. The molecule has 0 N–H and O–H groups in total. The topological polar surface area (TPSA) is 41.4 Å². The molecule has 2 unspecified atom stereocenters. The van der Waals surface area contributed by atoms with Gasteiger partial charge in [-0.3, -0.25) is 9.69 Å². The van der Waals surface area contributed by atoms with Crippen LogP contribution in [0.15, 0.2) is 217 Å². The van der Waals surface area contributed by atoms with E-state index in [0.29, 0.717) is 0 Å². The number of amides is 1. The van der Waals surface area contributed by atoms with Crippen LogP contribution in [-0.4, -0.2) is 20.4 Å². The van der Waals surface area contributed by atoms with E-state index in [1.807, 2.05) is 18.2 Å². The second-order valence-corrected chi connectivity index (χ2v) is 18.9. The van der Waals surface area contributed by atoms with Crippen LogP contribution in [0.4, 0.5) is 11.4 Å². The first-order valence-electron chi connectivity index (χ1n) is 23.4. The van der Waals surface area contributed by atoms with Crippen molar-refractivity contribution in [1.82, 2.24) is 14.5 Å². The Morgan fingerprint density at radius 2 is 1.20 bits per heavy atom. The van der Waals surface area contributed by atoms with Crippen molar-refractivity contribution in [3.05, 3.63) is 245 Å². The van der Waals surface area contributed by atoms with Crippen LogP contribution in [0.1, 0.15) is 84.2 Å². The number of hydrogen-bond acceptors (Lipinski definition) is 3.